The summed E-state index contributed by atoms with van der Waals surface area (Å²) in [6.45, 7) is 2.09. The highest BCUT2D eigenvalue weighted by atomic mass is 35.5. The summed E-state index contributed by atoms with van der Waals surface area (Å²) < 4.78 is 44.0. The van der Waals surface area contributed by atoms with E-state index in [1.165, 1.54) is 24.5 Å². The molecule has 0 radical (unpaired) electrons. The van der Waals surface area contributed by atoms with E-state index in [0.717, 1.165) is 29.9 Å². The summed E-state index contributed by atoms with van der Waals surface area (Å²) in [5.41, 5.74) is 1.42. The van der Waals surface area contributed by atoms with Gasteiger partial charge in [-0.05, 0) is 66.7 Å². The van der Waals surface area contributed by atoms with Crippen molar-refractivity contribution in [3.05, 3.63) is 77.4 Å². The van der Waals surface area contributed by atoms with Gasteiger partial charge in [0.2, 0.25) is 5.91 Å². The van der Waals surface area contributed by atoms with Gasteiger partial charge in [-0.2, -0.15) is 13.2 Å². The second-order valence-electron chi connectivity index (χ2n) is 10.8. The third kappa shape index (κ3) is 5.04. The summed E-state index contributed by atoms with van der Waals surface area (Å²) in [6.07, 6.45) is 9.53. The third-order valence-corrected chi connectivity index (χ3v) is 8.02. The molecule has 0 aliphatic heterocycles. The number of carbonyl (C=O) groups excluding carboxylic acids is 1. The van der Waals surface area contributed by atoms with Crippen LogP contribution in [-0.2, 0) is 4.79 Å². The van der Waals surface area contributed by atoms with E-state index in [9.17, 15) is 18.0 Å². The molecule has 3 aromatic rings. The first-order valence-electron chi connectivity index (χ1n) is 12.7. The molecular weight excluding hydrogens is 515 g/mol. The number of rotatable bonds is 7. The Hall–Kier alpha value is -3.33. The number of carbonyl (C=O) groups is 1. The van der Waals surface area contributed by atoms with Crippen LogP contribution in [0.4, 0.5) is 24.7 Å². The number of hydrogen-bond acceptors (Lipinski definition) is 4. The van der Waals surface area contributed by atoms with Crippen molar-refractivity contribution in [2.75, 3.05) is 10.6 Å². The predicted molar refractivity (Wildman–Crippen MR) is 140 cm³/mol. The zero-order valence-corrected chi connectivity index (χ0v) is 21.4. The fourth-order valence-corrected chi connectivity index (χ4v) is 5.81. The van der Waals surface area contributed by atoms with Gasteiger partial charge < -0.3 is 15.0 Å². The smallest absolute Gasteiger partial charge is 0.369 e. The Kier molecular flexibility index (Phi) is 6.01. The number of pyridine rings is 2. The molecule has 6 rings (SSSR count). The molecule has 0 saturated heterocycles. The van der Waals surface area contributed by atoms with E-state index in [4.69, 9.17) is 11.6 Å². The first-order chi connectivity index (χ1) is 18.1. The molecule has 2 fully saturated rings. The average Bonchev–Trinajstić information content (AvgIpc) is 3.77. The molecule has 2 saturated carbocycles. The van der Waals surface area contributed by atoms with E-state index < -0.39 is 12.2 Å². The fourth-order valence-electron chi connectivity index (χ4n) is 5.45. The van der Waals surface area contributed by atoms with E-state index in [1.54, 1.807) is 10.5 Å². The van der Waals surface area contributed by atoms with Gasteiger partial charge in [-0.3, -0.25) is 4.79 Å². The SMILES string of the molecule is CC1([C@H]2C[C@@H]2C(=O)Nc2cc(NC(c3cn4cc(C5CC5)ccc4n3)C(F)(F)F)ccn2)C=CC=C(Cl)C1. The topological polar surface area (TPSA) is 71.3 Å². The van der Waals surface area contributed by atoms with Gasteiger partial charge in [-0.15, -0.1) is 0 Å². The Bertz CT molecular complexity index is 1460. The van der Waals surface area contributed by atoms with Crippen LogP contribution in [0.2, 0.25) is 0 Å². The number of halogens is 4. The number of nitrogens with zero attached hydrogens (tertiary/aromatic N) is 3. The lowest BCUT2D eigenvalue weighted by molar-refractivity contribution is -0.144. The third-order valence-electron chi connectivity index (χ3n) is 7.76. The van der Waals surface area contributed by atoms with Gasteiger partial charge >= 0.3 is 6.18 Å². The van der Waals surface area contributed by atoms with Gasteiger partial charge in [0.15, 0.2) is 6.04 Å². The molecular formula is C28H27ClF3N5O. The van der Waals surface area contributed by atoms with Gasteiger partial charge in [-0.1, -0.05) is 36.7 Å². The maximum absolute atomic E-state index is 14.1. The molecule has 0 spiro atoms. The fraction of sp³-hybridized carbons (Fsp3) is 0.393. The normalized spacial score (nSPS) is 25.7. The molecule has 3 heterocycles. The summed E-state index contributed by atoms with van der Waals surface area (Å²) >= 11 is 6.22. The van der Waals surface area contributed by atoms with E-state index >= 15 is 0 Å². The predicted octanol–water partition coefficient (Wildman–Crippen LogP) is 6.99. The summed E-state index contributed by atoms with van der Waals surface area (Å²) in [5, 5.41) is 6.09. The highest BCUT2D eigenvalue weighted by molar-refractivity contribution is 6.29. The number of alkyl halides is 3. The molecule has 6 nitrogen and oxygen atoms in total. The number of amides is 1. The number of hydrogen-bond donors (Lipinski definition) is 2. The first kappa shape index (κ1) is 25.0. The van der Waals surface area contributed by atoms with Crippen molar-refractivity contribution in [1.29, 1.82) is 0 Å². The zero-order chi connectivity index (χ0) is 26.7. The van der Waals surface area contributed by atoms with Crippen LogP contribution in [-0.4, -0.2) is 26.5 Å². The van der Waals surface area contributed by atoms with Crippen molar-refractivity contribution < 1.29 is 18.0 Å². The summed E-state index contributed by atoms with van der Waals surface area (Å²) in [6, 6.07) is 4.51. The van der Waals surface area contributed by atoms with Gasteiger partial charge in [-0.25, -0.2) is 9.97 Å². The van der Waals surface area contributed by atoms with Crippen LogP contribution in [0, 0.1) is 17.3 Å². The molecule has 0 bridgehead atoms. The van der Waals surface area contributed by atoms with Crippen LogP contribution < -0.4 is 10.6 Å². The summed E-state index contributed by atoms with van der Waals surface area (Å²) in [4.78, 5) is 21.3. The maximum atomic E-state index is 14.1. The first-order valence-corrected chi connectivity index (χ1v) is 13.1. The number of anilines is 2. The van der Waals surface area contributed by atoms with Crippen molar-refractivity contribution in [2.45, 2.75) is 50.7 Å². The van der Waals surface area contributed by atoms with Crippen molar-refractivity contribution in [1.82, 2.24) is 14.4 Å². The van der Waals surface area contributed by atoms with Crippen molar-refractivity contribution in [2.24, 2.45) is 17.3 Å². The minimum Gasteiger partial charge on any atom is -0.369 e. The second-order valence-corrected chi connectivity index (χ2v) is 11.3. The van der Waals surface area contributed by atoms with Crippen LogP contribution in [0.3, 0.4) is 0 Å². The lowest BCUT2D eigenvalue weighted by atomic mass is 9.78. The van der Waals surface area contributed by atoms with E-state index in [0.29, 0.717) is 18.0 Å². The molecule has 4 atom stereocenters. The Morgan fingerprint density at radius 3 is 2.79 bits per heavy atom. The highest BCUT2D eigenvalue weighted by Gasteiger charge is 2.53. The Balaban J connectivity index is 1.16. The number of aromatic nitrogens is 3. The second kappa shape index (κ2) is 9.15. The van der Waals surface area contributed by atoms with Crippen LogP contribution >= 0.6 is 11.6 Å². The van der Waals surface area contributed by atoms with Gasteiger partial charge in [0.05, 0.1) is 5.69 Å². The number of nitrogens with one attached hydrogen (secondary N) is 2. The van der Waals surface area contributed by atoms with Crippen LogP contribution in [0.15, 0.2) is 66.1 Å². The quantitative estimate of drug-likeness (QED) is 0.338. The summed E-state index contributed by atoms with van der Waals surface area (Å²) in [7, 11) is 0. The Labute approximate surface area is 223 Å². The molecule has 1 amide bonds. The van der Waals surface area contributed by atoms with E-state index in [-0.39, 0.29) is 40.4 Å². The van der Waals surface area contributed by atoms with Gasteiger partial charge in [0.25, 0.3) is 0 Å². The molecule has 2 unspecified atom stereocenters. The largest absolute Gasteiger partial charge is 0.414 e. The van der Waals surface area contributed by atoms with Crippen LogP contribution in [0.5, 0.6) is 0 Å². The summed E-state index contributed by atoms with van der Waals surface area (Å²) in [5.74, 6) is 0.423. The van der Waals surface area contributed by atoms with Crippen LogP contribution in [0.1, 0.15) is 55.8 Å². The lowest BCUT2D eigenvalue weighted by Gasteiger charge is -2.28. The minimum atomic E-state index is -4.59. The monoisotopic (exact) mass is 541 g/mol. The highest BCUT2D eigenvalue weighted by Crippen LogP contribution is 2.56. The molecule has 3 aliphatic carbocycles. The Morgan fingerprint density at radius 2 is 2.05 bits per heavy atom. The van der Waals surface area contributed by atoms with E-state index in [1.807, 2.05) is 24.4 Å². The maximum Gasteiger partial charge on any atom is 0.414 e. The minimum absolute atomic E-state index is 0.129. The van der Waals surface area contributed by atoms with Crippen molar-refractivity contribution in [3.8, 4) is 0 Å². The van der Waals surface area contributed by atoms with E-state index in [2.05, 4.69) is 33.6 Å². The Morgan fingerprint density at radius 1 is 1.24 bits per heavy atom. The zero-order valence-electron chi connectivity index (χ0n) is 20.7. The molecule has 0 aromatic carbocycles. The molecule has 2 N–H and O–H groups in total. The van der Waals surface area contributed by atoms with Crippen molar-refractivity contribution in [3.63, 3.8) is 0 Å². The number of imidazole rings is 1. The molecule has 38 heavy (non-hydrogen) atoms. The van der Waals surface area contributed by atoms with Crippen LogP contribution in [0.25, 0.3) is 5.65 Å². The standard InChI is InChI=1S/C28H27ClF3N5O/c1-27(9-2-3-18(29)13-27)21-12-20(21)26(38)36-23-11-19(8-10-33-23)34-25(28(30,31)32)22-15-37-14-17(16-4-5-16)6-7-24(37)35-22/h2-3,6-11,14-16,20-21,25H,4-5,12-13H2,1H3,(H2,33,34,36,38)/t20-,21-,25?,27?/m0/s1. The molecule has 3 aliphatic rings. The average molecular weight is 542 g/mol. The molecule has 3 aromatic heterocycles. The lowest BCUT2D eigenvalue weighted by Crippen LogP contribution is -2.28. The van der Waals surface area contributed by atoms with Crippen molar-refractivity contribution >= 4 is 34.7 Å². The van der Waals surface area contributed by atoms with Gasteiger partial charge in [0, 0.05) is 41.3 Å². The molecule has 10 heteroatoms. The molecule has 198 valence electrons. The number of fused-ring (bicyclic) bond motifs is 1. The van der Waals surface area contributed by atoms with Gasteiger partial charge in [0.1, 0.15) is 11.5 Å². The number of allylic oxidation sites excluding steroid dienone is 4.